The lowest BCUT2D eigenvalue weighted by molar-refractivity contribution is 0.0963. The molecule has 138 valence electrons. The van der Waals surface area contributed by atoms with Crippen molar-refractivity contribution < 1.29 is 4.79 Å². The van der Waals surface area contributed by atoms with Crippen molar-refractivity contribution >= 4 is 5.91 Å². The van der Waals surface area contributed by atoms with Gasteiger partial charge in [-0.2, -0.15) is 0 Å². The quantitative estimate of drug-likeness (QED) is 0.700. The smallest absolute Gasteiger partial charge is 0.251 e. The van der Waals surface area contributed by atoms with Gasteiger partial charge in [-0.15, -0.1) is 0 Å². The van der Waals surface area contributed by atoms with Crippen LogP contribution in [0.1, 0.15) is 38.7 Å². The molecule has 1 amide bonds. The first-order valence-electron chi connectivity index (χ1n) is 9.22. The highest BCUT2D eigenvalue weighted by molar-refractivity contribution is 5.93. The minimum Gasteiger partial charge on any atom is -0.355 e. The molecule has 27 heavy (non-hydrogen) atoms. The van der Waals surface area contributed by atoms with Crippen molar-refractivity contribution in [2.45, 2.75) is 19.5 Å². The summed E-state index contributed by atoms with van der Waals surface area (Å²) in [5.74, 6) is -0.0584. The van der Waals surface area contributed by atoms with Crippen LogP contribution in [0, 0.1) is 6.92 Å². The van der Waals surface area contributed by atoms with Gasteiger partial charge in [0.1, 0.15) is 0 Å². The van der Waals surface area contributed by atoms with E-state index in [1.54, 1.807) is 7.05 Å². The van der Waals surface area contributed by atoms with Gasteiger partial charge < -0.3 is 5.32 Å². The van der Waals surface area contributed by atoms with Gasteiger partial charge in [0.2, 0.25) is 0 Å². The van der Waals surface area contributed by atoms with E-state index < -0.39 is 0 Å². The second-order valence-corrected chi connectivity index (χ2v) is 6.86. The fourth-order valence-corrected chi connectivity index (χ4v) is 3.49. The first-order valence-corrected chi connectivity index (χ1v) is 9.22. The second-order valence-electron chi connectivity index (χ2n) is 6.86. The summed E-state index contributed by atoms with van der Waals surface area (Å²) in [6, 6.07) is 27.1. The normalized spacial score (nSPS) is 12.0. The Kier molecular flexibility index (Phi) is 6.05. The lowest BCUT2D eigenvalue weighted by atomic mass is 9.93. The highest BCUT2D eigenvalue weighted by Gasteiger charge is 2.21. The fourth-order valence-electron chi connectivity index (χ4n) is 3.49. The van der Waals surface area contributed by atoms with Crippen LogP contribution in [0.4, 0.5) is 0 Å². The molecule has 3 heteroatoms. The molecular formula is C24H26N2O. The van der Waals surface area contributed by atoms with Gasteiger partial charge in [-0.25, -0.2) is 0 Å². The van der Waals surface area contributed by atoms with Crippen LogP contribution in [0.3, 0.4) is 0 Å². The molecular weight excluding hydrogens is 332 g/mol. The van der Waals surface area contributed by atoms with E-state index in [4.69, 9.17) is 0 Å². The van der Waals surface area contributed by atoms with Gasteiger partial charge in [0, 0.05) is 19.2 Å². The van der Waals surface area contributed by atoms with Crippen molar-refractivity contribution in [1.82, 2.24) is 10.2 Å². The number of rotatable bonds is 6. The molecule has 1 unspecified atom stereocenters. The molecule has 0 aliphatic heterocycles. The van der Waals surface area contributed by atoms with Crippen molar-refractivity contribution in [1.29, 1.82) is 0 Å². The molecule has 0 heterocycles. The van der Waals surface area contributed by atoms with Crippen LogP contribution in [0.25, 0.3) is 0 Å². The summed E-state index contributed by atoms with van der Waals surface area (Å²) in [7, 11) is 3.80. The third kappa shape index (κ3) is 4.44. The Morgan fingerprint density at radius 2 is 1.56 bits per heavy atom. The maximum Gasteiger partial charge on any atom is 0.251 e. The van der Waals surface area contributed by atoms with Crippen LogP contribution in [0.15, 0.2) is 78.9 Å². The molecule has 3 rings (SSSR count). The molecule has 0 aliphatic rings. The summed E-state index contributed by atoms with van der Waals surface area (Å²) in [4.78, 5) is 14.1. The third-order valence-electron chi connectivity index (χ3n) is 4.91. The van der Waals surface area contributed by atoms with E-state index in [-0.39, 0.29) is 11.9 Å². The van der Waals surface area contributed by atoms with Crippen molar-refractivity contribution in [2.75, 3.05) is 14.1 Å². The van der Waals surface area contributed by atoms with Crippen molar-refractivity contribution in [3.63, 3.8) is 0 Å². The molecule has 0 fully saturated rings. The molecule has 1 atom stereocenters. The fraction of sp³-hybridized carbons (Fsp3) is 0.208. The predicted octanol–water partition coefficient (Wildman–Crippen LogP) is 4.58. The number of nitrogens with one attached hydrogen (secondary N) is 1. The molecule has 0 saturated carbocycles. The van der Waals surface area contributed by atoms with Crippen LogP contribution in [0.2, 0.25) is 0 Å². The SMILES string of the molecule is CNC(=O)c1ccc(CN(C)C(c2ccccc2)c2ccccc2C)cc1. The molecule has 0 saturated heterocycles. The number of hydrogen-bond donors (Lipinski definition) is 1. The molecule has 3 aromatic carbocycles. The summed E-state index contributed by atoms with van der Waals surface area (Å²) in [5, 5.41) is 2.66. The van der Waals surface area contributed by atoms with Gasteiger partial charge in [0.05, 0.1) is 6.04 Å². The predicted molar refractivity (Wildman–Crippen MR) is 111 cm³/mol. The monoisotopic (exact) mass is 358 g/mol. The molecule has 0 radical (unpaired) electrons. The number of carbonyl (C=O) groups is 1. The van der Waals surface area contributed by atoms with Crippen LogP contribution < -0.4 is 5.32 Å². The molecule has 3 nitrogen and oxygen atoms in total. The van der Waals surface area contributed by atoms with E-state index in [1.165, 1.54) is 22.3 Å². The third-order valence-corrected chi connectivity index (χ3v) is 4.91. The highest BCUT2D eigenvalue weighted by atomic mass is 16.1. The number of carbonyl (C=O) groups excluding carboxylic acids is 1. The largest absolute Gasteiger partial charge is 0.355 e. The molecule has 0 bridgehead atoms. The molecule has 0 spiro atoms. The average Bonchev–Trinajstić information content (AvgIpc) is 2.70. The zero-order valence-electron chi connectivity index (χ0n) is 16.1. The average molecular weight is 358 g/mol. The van der Waals surface area contributed by atoms with Crippen LogP contribution in [-0.4, -0.2) is 24.9 Å². The maximum absolute atomic E-state index is 11.7. The summed E-state index contributed by atoms with van der Waals surface area (Å²) in [6.45, 7) is 2.96. The first kappa shape index (κ1) is 18.9. The van der Waals surface area contributed by atoms with Gasteiger partial charge in [-0.3, -0.25) is 9.69 Å². The Morgan fingerprint density at radius 3 is 2.19 bits per heavy atom. The van der Waals surface area contributed by atoms with Crippen LogP contribution in [0.5, 0.6) is 0 Å². The summed E-state index contributed by atoms with van der Waals surface area (Å²) >= 11 is 0. The minimum atomic E-state index is -0.0584. The second kappa shape index (κ2) is 8.65. The van der Waals surface area contributed by atoms with Crippen LogP contribution >= 0.6 is 0 Å². The van der Waals surface area contributed by atoms with Gasteiger partial charge in [0.15, 0.2) is 0 Å². The van der Waals surface area contributed by atoms with Crippen LogP contribution in [-0.2, 0) is 6.54 Å². The Balaban J connectivity index is 1.89. The Morgan fingerprint density at radius 1 is 0.926 bits per heavy atom. The molecule has 0 aromatic heterocycles. The van der Waals surface area contributed by atoms with Crippen molar-refractivity contribution in [3.05, 3.63) is 107 Å². The van der Waals surface area contributed by atoms with E-state index in [9.17, 15) is 4.79 Å². The number of benzene rings is 3. The molecule has 0 aliphatic carbocycles. The lowest BCUT2D eigenvalue weighted by Gasteiger charge is -2.30. The van der Waals surface area contributed by atoms with E-state index >= 15 is 0 Å². The number of amides is 1. The standard InChI is InChI=1S/C24H26N2O/c1-18-9-7-8-12-22(18)23(20-10-5-4-6-11-20)26(3)17-19-13-15-21(16-14-19)24(27)25-2/h4-16,23H,17H2,1-3H3,(H,25,27). The van der Waals surface area contributed by atoms with Gasteiger partial charge in [-0.1, -0.05) is 66.7 Å². The number of hydrogen-bond acceptors (Lipinski definition) is 2. The first-order chi connectivity index (χ1) is 13.1. The zero-order chi connectivity index (χ0) is 19.2. The van der Waals surface area contributed by atoms with Gasteiger partial charge in [-0.05, 0) is 48.4 Å². The van der Waals surface area contributed by atoms with Crippen molar-refractivity contribution in [2.24, 2.45) is 0 Å². The minimum absolute atomic E-state index is 0.0584. The van der Waals surface area contributed by atoms with E-state index in [0.717, 1.165) is 6.54 Å². The molecule has 1 N–H and O–H groups in total. The van der Waals surface area contributed by atoms with E-state index in [0.29, 0.717) is 5.56 Å². The Labute approximate surface area is 161 Å². The lowest BCUT2D eigenvalue weighted by Crippen LogP contribution is -2.26. The Bertz CT molecular complexity index is 888. The van der Waals surface area contributed by atoms with Gasteiger partial charge in [0.25, 0.3) is 5.91 Å². The Hall–Kier alpha value is -2.91. The zero-order valence-corrected chi connectivity index (χ0v) is 16.1. The molecule has 3 aromatic rings. The topological polar surface area (TPSA) is 32.3 Å². The van der Waals surface area contributed by atoms with E-state index in [1.807, 2.05) is 24.3 Å². The summed E-state index contributed by atoms with van der Waals surface area (Å²) in [6.07, 6.45) is 0. The number of nitrogens with zero attached hydrogens (tertiary/aromatic N) is 1. The number of aryl methyl sites for hydroxylation is 1. The summed E-state index contributed by atoms with van der Waals surface area (Å²) < 4.78 is 0. The maximum atomic E-state index is 11.7. The van der Waals surface area contributed by atoms with Crippen molar-refractivity contribution in [3.8, 4) is 0 Å². The van der Waals surface area contributed by atoms with E-state index in [2.05, 4.69) is 78.8 Å². The van der Waals surface area contributed by atoms with Gasteiger partial charge >= 0.3 is 0 Å². The highest BCUT2D eigenvalue weighted by Crippen LogP contribution is 2.30. The summed E-state index contributed by atoms with van der Waals surface area (Å²) in [5.41, 5.74) is 5.74.